The maximum atomic E-state index is 13.3. The second kappa shape index (κ2) is 10.5. The van der Waals surface area contributed by atoms with Crippen LogP contribution in [0.2, 0.25) is 0 Å². The molecule has 8 nitrogen and oxygen atoms in total. The van der Waals surface area contributed by atoms with Crippen molar-refractivity contribution in [3.8, 4) is 5.75 Å². The summed E-state index contributed by atoms with van der Waals surface area (Å²) in [6.45, 7) is 1.29. The standard InChI is InChI=1S/C22H20F2N4O4S/c23-17-8-5-14(10-18(17)24)26-21(30)22-28-27-19(33-22)12-32-15-6-3-13(4-7-15)20(29)25-11-16-2-1-9-31-16/h3-8,10,16H,1-2,9,11-12H2,(H,25,29)(H,26,30)/t16-/m0/s1. The van der Waals surface area contributed by atoms with Crippen molar-refractivity contribution in [3.63, 3.8) is 0 Å². The minimum atomic E-state index is -1.06. The van der Waals surface area contributed by atoms with Crippen LogP contribution in [0.5, 0.6) is 5.75 Å². The fourth-order valence-electron chi connectivity index (χ4n) is 3.12. The molecule has 1 aliphatic rings. The van der Waals surface area contributed by atoms with Gasteiger partial charge in [0.2, 0.25) is 5.01 Å². The first-order valence-electron chi connectivity index (χ1n) is 10.2. The van der Waals surface area contributed by atoms with Crippen molar-refractivity contribution in [2.45, 2.75) is 25.6 Å². The van der Waals surface area contributed by atoms with E-state index in [1.165, 1.54) is 6.07 Å². The number of nitrogens with zero attached hydrogens (tertiary/aromatic N) is 2. The third-order valence-corrected chi connectivity index (χ3v) is 5.73. The minimum absolute atomic E-state index is 0.0524. The van der Waals surface area contributed by atoms with Gasteiger partial charge in [-0.25, -0.2) is 8.78 Å². The van der Waals surface area contributed by atoms with Crippen molar-refractivity contribution >= 4 is 28.8 Å². The van der Waals surface area contributed by atoms with Gasteiger partial charge in [0, 0.05) is 30.5 Å². The van der Waals surface area contributed by atoms with Gasteiger partial charge in [0.15, 0.2) is 16.6 Å². The van der Waals surface area contributed by atoms with E-state index >= 15 is 0 Å². The van der Waals surface area contributed by atoms with Gasteiger partial charge in [-0.3, -0.25) is 9.59 Å². The van der Waals surface area contributed by atoms with Crippen molar-refractivity contribution < 1.29 is 27.8 Å². The molecule has 0 bridgehead atoms. The molecule has 1 aromatic heterocycles. The molecule has 0 radical (unpaired) electrons. The van der Waals surface area contributed by atoms with E-state index in [1.54, 1.807) is 24.3 Å². The minimum Gasteiger partial charge on any atom is -0.486 e. The van der Waals surface area contributed by atoms with Gasteiger partial charge in [0.1, 0.15) is 12.4 Å². The predicted octanol–water partition coefficient (Wildman–Crippen LogP) is 3.56. The summed E-state index contributed by atoms with van der Waals surface area (Å²) >= 11 is 1.01. The maximum Gasteiger partial charge on any atom is 0.286 e. The number of nitrogens with one attached hydrogen (secondary N) is 2. The van der Waals surface area contributed by atoms with Crippen LogP contribution in [0.1, 0.15) is 38.0 Å². The Morgan fingerprint density at radius 2 is 1.91 bits per heavy atom. The third-order valence-electron chi connectivity index (χ3n) is 4.83. The molecular weight excluding hydrogens is 454 g/mol. The normalized spacial score (nSPS) is 15.3. The number of amides is 2. The largest absolute Gasteiger partial charge is 0.486 e. The molecule has 11 heteroatoms. The number of aromatic nitrogens is 2. The second-order valence-electron chi connectivity index (χ2n) is 7.24. The zero-order valence-electron chi connectivity index (χ0n) is 17.3. The smallest absolute Gasteiger partial charge is 0.286 e. The summed E-state index contributed by atoms with van der Waals surface area (Å²) in [5, 5.41) is 13.5. The van der Waals surface area contributed by atoms with Crippen molar-refractivity contribution in [2.75, 3.05) is 18.5 Å². The van der Waals surface area contributed by atoms with Gasteiger partial charge in [-0.15, -0.1) is 10.2 Å². The summed E-state index contributed by atoms with van der Waals surface area (Å²) in [6, 6.07) is 9.68. The predicted molar refractivity (Wildman–Crippen MR) is 116 cm³/mol. The summed E-state index contributed by atoms with van der Waals surface area (Å²) in [5.74, 6) is -2.32. The summed E-state index contributed by atoms with van der Waals surface area (Å²) < 4.78 is 37.4. The van der Waals surface area contributed by atoms with E-state index in [2.05, 4.69) is 20.8 Å². The van der Waals surface area contributed by atoms with Gasteiger partial charge in [-0.05, 0) is 49.2 Å². The Balaban J connectivity index is 1.26. The molecule has 0 spiro atoms. The van der Waals surface area contributed by atoms with Crippen molar-refractivity contribution in [2.24, 2.45) is 0 Å². The average molecular weight is 474 g/mol. The summed E-state index contributed by atoms with van der Waals surface area (Å²) in [7, 11) is 0. The highest BCUT2D eigenvalue weighted by Crippen LogP contribution is 2.19. The lowest BCUT2D eigenvalue weighted by Crippen LogP contribution is -2.31. The number of halogens is 2. The first-order valence-corrected chi connectivity index (χ1v) is 11.0. The van der Waals surface area contributed by atoms with Gasteiger partial charge >= 0.3 is 0 Å². The van der Waals surface area contributed by atoms with Gasteiger partial charge in [-0.2, -0.15) is 0 Å². The molecule has 0 unspecified atom stereocenters. The summed E-state index contributed by atoms with van der Waals surface area (Å²) in [5.41, 5.74) is 0.610. The number of hydrogen-bond donors (Lipinski definition) is 2. The van der Waals surface area contributed by atoms with Gasteiger partial charge in [0.25, 0.3) is 11.8 Å². The van der Waals surface area contributed by atoms with E-state index in [1.807, 2.05) is 0 Å². The van der Waals surface area contributed by atoms with Gasteiger partial charge in [-0.1, -0.05) is 11.3 Å². The van der Waals surface area contributed by atoms with E-state index in [4.69, 9.17) is 9.47 Å². The Morgan fingerprint density at radius 1 is 1.09 bits per heavy atom. The first-order chi connectivity index (χ1) is 16.0. The Kier molecular flexibility index (Phi) is 7.20. The number of rotatable bonds is 8. The van der Waals surface area contributed by atoms with Crippen LogP contribution in [0, 0.1) is 11.6 Å². The van der Waals surface area contributed by atoms with Crippen LogP contribution >= 0.6 is 11.3 Å². The molecule has 1 saturated heterocycles. The maximum absolute atomic E-state index is 13.3. The molecule has 1 fully saturated rings. The highest BCUT2D eigenvalue weighted by Gasteiger charge is 2.17. The van der Waals surface area contributed by atoms with Crippen LogP contribution in [-0.2, 0) is 11.3 Å². The fourth-order valence-corrected chi connectivity index (χ4v) is 3.77. The van der Waals surface area contributed by atoms with Crippen LogP contribution in [0.15, 0.2) is 42.5 Å². The van der Waals surface area contributed by atoms with Crippen LogP contribution in [0.4, 0.5) is 14.5 Å². The van der Waals surface area contributed by atoms with E-state index in [0.717, 1.165) is 42.9 Å². The first kappa shape index (κ1) is 22.7. The van der Waals surface area contributed by atoms with E-state index in [0.29, 0.717) is 22.9 Å². The second-order valence-corrected chi connectivity index (χ2v) is 8.30. The van der Waals surface area contributed by atoms with E-state index < -0.39 is 17.5 Å². The van der Waals surface area contributed by atoms with Crippen LogP contribution in [0.25, 0.3) is 0 Å². The fraction of sp³-hybridized carbons (Fsp3) is 0.273. The molecule has 1 aliphatic heterocycles. The molecule has 2 heterocycles. The van der Waals surface area contributed by atoms with Crippen LogP contribution in [-0.4, -0.2) is 41.3 Å². The summed E-state index contributed by atoms with van der Waals surface area (Å²) in [6.07, 6.45) is 2.04. The lowest BCUT2D eigenvalue weighted by Gasteiger charge is -2.11. The lowest BCUT2D eigenvalue weighted by atomic mass is 10.2. The SMILES string of the molecule is O=C(NC[C@@H]1CCCO1)c1ccc(OCc2nnc(C(=O)Nc3ccc(F)c(F)c3)s2)cc1. The zero-order valence-corrected chi connectivity index (χ0v) is 18.2. The third kappa shape index (κ3) is 6.08. The molecule has 2 N–H and O–H groups in total. The highest BCUT2D eigenvalue weighted by molar-refractivity contribution is 7.13. The molecule has 0 aliphatic carbocycles. The van der Waals surface area contributed by atoms with E-state index in [9.17, 15) is 18.4 Å². The molecule has 172 valence electrons. The molecule has 1 atom stereocenters. The van der Waals surface area contributed by atoms with Gasteiger partial charge < -0.3 is 20.1 Å². The Morgan fingerprint density at radius 3 is 2.64 bits per heavy atom. The molecule has 3 aromatic rings. The number of benzene rings is 2. The molecule has 2 aromatic carbocycles. The number of carbonyl (C=O) groups is 2. The number of anilines is 1. The number of hydrogen-bond acceptors (Lipinski definition) is 7. The monoisotopic (exact) mass is 474 g/mol. The quantitative estimate of drug-likeness (QED) is 0.518. The van der Waals surface area contributed by atoms with Gasteiger partial charge in [0.05, 0.1) is 6.10 Å². The summed E-state index contributed by atoms with van der Waals surface area (Å²) in [4.78, 5) is 24.5. The van der Waals surface area contributed by atoms with Crippen LogP contribution in [0.3, 0.4) is 0 Å². The molecule has 33 heavy (non-hydrogen) atoms. The topological polar surface area (TPSA) is 102 Å². The highest BCUT2D eigenvalue weighted by atomic mass is 32.1. The molecule has 2 amide bonds. The lowest BCUT2D eigenvalue weighted by molar-refractivity contribution is 0.0857. The molecule has 0 saturated carbocycles. The van der Waals surface area contributed by atoms with Crippen molar-refractivity contribution in [1.82, 2.24) is 15.5 Å². The van der Waals surface area contributed by atoms with Crippen molar-refractivity contribution in [3.05, 3.63) is 69.7 Å². The van der Waals surface area contributed by atoms with Crippen LogP contribution < -0.4 is 15.4 Å². The Labute approximate surface area is 191 Å². The molecular formula is C22H20F2N4O4S. The number of ether oxygens (including phenoxy) is 2. The Bertz CT molecular complexity index is 1130. The van der Waals surface area contributed by atoms with E-state index in [-0.39, 0.29) is 29.3 Å². The average Bonchev–Trinajstić information content (AvgIpc) is 3.51. The molecule has 4 rings (SSSR count). The van der Waals surface area contributed by atoms with Crippen molar-refractivity contribution in [1.29, 1.82) is 0 Å². The zero-order chi connectivity index (χ0) is 23.2. The number of carbonyl (C=O) groups excluding carboxylic acids is 2. The Hall–Kier alpha value is -3.44.